The van der Waals surface area contributed by atoms with Gasteiger partial charge < -0.3 is 20.9 Å². The summed E-state index contributed by atoms with van der Waals surface area (Å²) in [5, 5.41) is 11.6. The molecule has 1 atom stereocenters. The SMILES string of the molecule is CCCC[C@H](N)C(=O)Nc1cc(C(=O)O)ccc1OC. The molecule has 0 saturated heterocycles. The molecule has 20 heavy (non-hydrogen) atoms. The van der Waals surface area contributed by atoms with Crippen molar-refractivity contribution in [2.24, 2.45) is 5.73 Å². The molecule has 0 aliphatic rings. The van der Waals surface area contributed by atoms with Gasteiger partial charge in [0.25, 0.3) is 0 Å². The standard InChI is InChI=1S/C14H20N2O4/c1-3-4-5-10(15)13(17)16-11-8-9(14(18)19)6-7-12(11)20-2/h6-8,10H,3-5,15H2,1-2H3,(H,16,17)(H,18,19)/t10-/m0/s1. The summed E-state index contributed by atoms with van der Waals surface area (Å²) < 4.78 is 5.09. The van der Waals surface area contributed by atoms with Crippen molar-refractivity contribution in [2.75, 3.05) is 12.4 Å². The normalized spacial score (nSPS) is 11.8. The molecule has 0 spiro atoms. The van der Waals surface area contributed by atoms with E-state index in [1.807, 2.05) is 6.92 Å². The molecule has 0 aromatic heterocycles. The van der Waals surface area contributed by atoms with Gasteiger partial charge in [-0.1, -0.05) is 19.8 Å². The lowest BCUT2D eigenvalue weighted by Crippen LogP contribution is -2.35. The second-order valence-corrected chi connectivity index (χ2v) is 4.46. The van der Waals surface area contributed by atoms with Crippen LogP contribution in [0.3, 0.4) is 0 Å². The van der Waals surface area contributed by atoms with Gasteiger partial charge in [-0.2, -0.15) is 0 Å². The van der Waals surface area contributed by atoms with Crippen molar-refractivity contribution in [3.8, 4) is 5.75 Å². The van der Waals surface area contributed by atoms with Gasteiger partial charge in [-0.15, -0.1) is 0 Å². The maximum Gasteiger partial charge on any atom is 0.335 e. The van der Waals surface area contributed by atoms with Crippen molar-refractivity contribution in [3.63, 3.8) is 0 Å². The summed E-state index contributed by atoms with van der Waals surface area (Å²) in [4.78, 5) is 22.9. The van der Waals surface area contributed by atoms with Crippen LogP contribution in [0.1, 0.15) is 36.5 Å². The lowest BCUT2D eigenvalue weighted by atomic mass is 10.1. The molecule has 0 radical (unpaired) electrons. The lowest BCUT2D eigenvalue weighted by molar-refractivity contribution is -0.117. The highest BCUT2D eigenvalue weighted by Gasteiger charge is 2.16. The summed E-state index contributed by atoms with van der Waals surface area (Å²) in [6.07, 6.45) is 2.41. The first kappa shape index (κ1) is 16.0. The third-order valence-corrected chi connectivity index (χ3v) is 2.91. The highest BCUT2D eigenvalue weighted by atomic mass is 16.5. The average molecular weight is 280 g/mol. The van der Waals surface area contributed by atoms with Crippen LogP contribution in [0.25, 0.3) is 0 Å². The number of hydrogen-bond donors (Lipinski definition) is 3. The highest BCUT2D eigenvalue weighted by Crippen LogP contribution is 2.25. The molecule has 0 aliphatic heterocycles. The zero-order valence-corrected chi connectivity index (χ0v) is 11.7. The average Bonchev–Trinajstić information content (AvgIpc) is 2.44. The highest BCUT2D eigenvalue weighted by molar-refractivity contribution is 5.98. The maximum absolute atomic E-state index is 11.9. The number of carbonyl (C=O) groups excluding carboxylic acids is 1. The van der Waals surface area contributed by atoms with Crippen LogP contribution in [-0.4, -0.2) is 30.1 Å². The lowest BCUT2D eigenvalue weighted by Gasteiger charge is -2.14. The smallest absolute Gasteiger partial charge is 0.335 e. The van der Waals surface area contributed by atoms with Gasteiger partial charge in [0.1, 0.15) is 5.75 Å². The van der Waals surface area contributed by atoms with Gasteiger partial charge in [0.15, 0.2) is 0 Å². The predicted octanol–water partition coefficient (Wildman–Crippen LogP) is 1.85. The van der Waals surface area contributed by atoms with Crippen molar-refractivity contribution < 1.29 is 19.4 Å². The van der Waals surface area contributed by atoms with Gasteiger partial charge in [0, 0.05) is 0 Å². The van der Waals surface area contributed by atoms with Crippen molar-refractivity contribution >= 4 is 17.6 Å². The van der Waals surface area contributed by atoms with Crippen LogP contribution in [0.15, 0.2) is 18.2 Å². The fraction of sp³-hybridized carbons (Fsp3) is 0.429. The third-order valence-electron chi connectivity index (χ3n) is 2.91. The molecular weight excluding hydrogens is 260 g/mol. The Hall–Kier alpha value is -2.08. The van der Waals surface area contributed by atoms with Crippen LogP contribution in [0.2, 0.25) is 0 Å². The van der Waals surface area contributed by atoms with E-state index in [4.69, 9.17) is 15.6 Å². The van der Waals surface area contributed by atoms with E-state index in [1.54, 1.807) is 0 Å². The van der Waals surface area contributed by atoms with Crippen LogP contribution in [0.4, 0.5) is 5.69 Å². The minimum Gasteiger partial charge on any atom is -0.495 e. The number of nitrogens with one attached hydrogen (secondary N) is 1. The van der Waals surface area contributed by atoms with E-state index >= 15 is 0 Å². The Labute approximate surface area is 117 Å². The van der Waals surface area contributed by atoms with Gasteiger partial charge in [-0.25, -0.2) is 4.79 Å². The number of carbonyl (C=O) groups is 2. The monoisotopic (exact) mass is 280 g/mol. The largest absolute Gasteiger partial charge is 0.495 e. The Balaban J connectivity index is 2.86. The van der Waals surface area contributed by atoms with Crippen molar-refractivity contribution in [3.05, 3.63) is 23.8 Å². The van der Waals surface area contributed by atoms with Crippen LogP contribution in [0, 0.1) is 0 Å². The van der Waals surface area contributed by atoms with E-state index in [1.165, 1.54) is 25.3 Å². The summed E-state index contributed by atoms with van der Waals surface area (Å²) in [6, 6.07) is 3.64. The summed E-state index contributed by atoms with van der Waals surface area (Å²) in [5.41, 5.74) is 6.15. The zero-order valence-electron chi connectivity index (χ0n) is 11.7. The molecule has 110 valence electrons. The Morgan fingerprint density at radius 2 is 2.15 bits per heavy atom. The first-order valence-electron chi connectivity index (χ1n) is 6.47. The molecule has 1 amide bonds. The Kier molecular flexibility index (Phi) is 5.99. The van der Waals surface area contributed by atoms with Crippen LogP contribution < -0.4 is 15.8 Å². The van der Waals surface area contributed by atoms with Crippen molar-refractivity contribution in [1.29, 1.82) is 0 Å². The van der Waals surface area contributed by atoms with E-state index < -0.39 is 12.0 Å². The number of benzene rings is 1. The van der Waals surface area contributed by atoms with Crippen LogP contribution in [0.5, 0.6) is 5.75 Å². The second-order valence-electron chi connectivity index (χ2n) is 4.46. The number of ether oxygens (including phenoxy) is 1. The van der Waals surface area contributed by atoms with Crippen LogP contribution in [-0.2, 0) is 4.79 Å². The molecular formula is C14H20N2O4. The zero-order chi connectivity index (χ0) is 15.1. The number of amides is 1. The topological polar surface area (TPSA) is 102 Å². The molecule has 0 bridgehead atoms. The number of hydrogen-bond acceptors (Lipinski definition) is 4. The molecule has 0 unspecified atom stereocenters. The first-order valence-corrected chi connectivity index (χ1v) is 6.47. The number of rotatable bonds is 7. The minimum atomic E-state index is -1.07. The molecule has 1 aromatic carbocycles. The molecule has 1 aromatic rings. The third kappa shape index (κ3) is 4.24. The Bertz CT molecular complexity index is 488. The van der Waals surface area contributed by atoms with Gasteiger partial charge in [0.2, 0.25) is 5.91 Å². The van der Waals surface area contributed by atoms with E-state index in [0.717, 1.165) is 12.8 Å². The van der Waals surface area contributed by atoms with Gasteiger partial charge in [-0.3, -0.25) is 4.79 Å². The van der Waals surface area contributed by atoms with Crippen molar-refractivity contribution in [2.45, 2.75) is 32.2 Å². The molecule has 6 nitrogen and oxygen atoms in total. The van der Waals surface area contributed by atoms with E-state index in [9.17, 15) is 9.59 Å². The Morgan fingerprint density at radius 1 is 1.45 bits per heavy atom. The summed E-state index contributed by atoms with van der Waals surface area (Å²) in [7, 11) is 1.45. The van der Waals surface area contributed by atoms with Gasteiger partial charge in [-0.05, 0) is 24.6 Å². The molecule has 0 fully saturated rings. The fourth-order valence-electron chi connectivity index (χ4n) is 1.72. The minimum absolute atomic E-state index is 0.0724. The number of methoxy groups -OCH3 is 1. The molecule has 1 rings (SSSR count). The number of anilines is 1. The summed E-state index contributed by atoms with van der Waals surface area (Å²) in [6.45, 7) is 2.02. The number of unbranched alkanes of at least 4 members (excludes halogenated alkanes) is 1. The fourth-order valence-corrected chi connectivity index (χ4v) is 1.72. The van der Waals surface area contributed by atoms with Crippen molar-refractivity contribution in [1.82, 2.24) is 0 Å². The first-order chi connectivity index (χ1) is 9.49. The Morgan fingerprint density at radius 3 is 2.70 bits per heavy atom. The van der Waals surface area contributed by atoms with E-state index in [0.29, 0.717) is 17.9 Å². The number of aromatic carboxylic acids is 1. The number of carboxylic acids is 1. The number of carboxylic acid groups (broad SMARTS) is 1. The summed E-state index contributed by atoms with van der Waals surface area (Å²) in [5.74, 6) is -1.02. The maximum atomic E-state index is 11.9. The molecule has 0 aliphatic carbocycles. The molecule has 4 N–H and O–H groups in total. The van der Waals surface area contributed by atoms with E-state index in [-0.39, 0.29) is 11.5 Å². The van der Waals surface area contributed by atoms with E-state index in [2.05, 4.69) is 5.32 Å². The predicted molar refractivity (Wildman–Crippen MR) is 76.1 cm³/mol. The van der Waals surface area contributed by atoms with Crippen LogP contribution >= 0.6 is 0 Å². The quantitative estimate of drug-likeness (QED) is 0.707. The number of nitrogens with two attached hydrogens (primary N) is 1. The van der Waals surface area contributed by atoms with Gasteiger partial charge in [0.05, 0.1) is 24.4 Å². The summed E-state index contributed by atoms with van der Waals surface area (Å²) >= 11 is 0. The second kappa shape index (κ2) is 7.49. The van der Waals surface area contributed by atoms with Gasteiger partial charge >= 0.3 is 5.97 Å². The molecule has 0 saturated carbocycles. The molecule has 6 heteroatoms. The molecule has 0 heterocycles.